The summed E-state index contributed by atoms with van der Waals surface area (Å²) in [6, 6.07) is 8.70. The third kappa shape index (κ3) is 4.48. The van der Waals surface area contributed by atoms with E-state index >= 15 is 0 Å². The summed E-state index contributed by atoms with van der Waals surface area (Å²) >= 11 is 0. The number of benzene rings is 1. The molecule has 2 aliphatic heterocycles. The first-order chi connectivity index (χ1) is 11.0. The van der Waals surface area contributed by atoms with Crippen LogP contribution in [0, 0.1) is 5.92 Å². The highest BCUT2D eigenvalue weighted by atomic mass is 19.4. The molecule has 2 nitrogen and oxygen atoms in total. The summed E-state index contributed by atoms with van der Waals surface area (Å²) < 4.78 is 38.1. The number of hydrogen-bond donors (Lipinski definition) is 1. The van der Waals surface area contributed by atoms with Gasteiger partial charge in [0.2, 0.25) is 0 Å². The first-order valence-corrected chi connectivity index (χ1v) is 8.61. The molecule has 2 aliphatic rings. The van der Waals surface area contributed by atoms with Crippen molar-refractivity contribution in [3.8, 4) is 0 Å². The van der Waals surface area contributed by atoms with E-state index in [1.165, 1.54) is 24.0 Å². The highest BCUT2D eigenvalue weighted by Crippen LogP contribution is 2.34. The molecule has 0 saturated carbocycles. The Balaban J connectivity index is 1.51. The van der Waals surface area contributed by atoms with E-state index in [9.17, 15) is 13.2 Å². The van der Waals surface area contributed by atoms with Crippen molar-refractivity contribution in [2.75, 3.05) is 26.2 Å². The van der Waals surface area contributed by atoms with Crippen LogP contribution >= 0.6 is 0 Å². The van der Waals surface area contributed by atoms with Gasteiger partial charge in [0.15, 0.2) is 0 Å². The van der Waals surface area contributed by atoms with Gasteiger partial charge in [-0.05, 0) is 68.9 Å². The molecule has 128 valence electrons. The molecule has 0 bridgehead atoms. The Morgan fingerprint density at radius 3 is 2.13 bits per heavy atom. The van der Waals surface area contributed by atoms with Gasteiger partial charge in [-0.1, -0.05) is 24.3 Å². The van der Waals surface area contributed by atoms with E-state index in [4.69, 9.17) is 0 Å². The van der Waals surface area contributed by atoms with Crippen molar-refractivity contribution in [3.63, 3.8) is 0 Å². The number of piperidine rings is 2. The van der Waals surface area contributed by atoms with Gasteiger partial charge >= 0.3 is 6.18 Å². The van der Waals surface area contributed by atoms with Gasteiger partial charge in [-0.15, -0.1) is 0 Å². The third-order valence-corrected chi connectivity index (χ3v) is 5.25. The van der Waals surface area contributed by atoms with Gasteiger partial charge in [0.1, 0.15) is 0 Å². The largest absolute Gasteiger partial charge is 0.391 e. The second kappa shape index (κ2) is 7.22. The van der Waals surface area contributed by atoms with Crippen LogP contribution in [0.5, 0.6) is 0 Å². The summed E-state index contributed by atoms with van der Waals surface area (Å²) in [6.45, 7) is 4.01. The van der Waals surface area contributed by atoms with Crippen LogP contribution < -0.4 is 5.32 Å². The summed E-state index contributed by atoms with van der Waals surface area (Å²) in [5, 5.41) is 3.38. The van der Waals surface area contributed by atoms with E-state index in [2.05, 4.69) is 34.5 Å². The zero-order valence-corrected chi connectivity index (χ0v) is 13.4. The van der Waals surface area contributed by atoms with Crippen molar-refractivity contribution in [3.05, 3.63) is 35.4 Å². The number of likely N-dealkylation sites (tertiary alicyclic amines) is 1. The molecule has 1 aromatic rings. The number of nitrogens with zero attached hydrogens (tertiary/aromatic N) is 1. The van der Waals surface area contributed by atoms with Crippen molar-refractivity contribution >= 4 is 0 Å². The Hall–Kier alpha value is -1.07. The summed E-state index contributed by atoms with van der Waals surface area (Å²) in [7, 11) is 0. The maximum atomic E-state index is 12.7. The van der Waals surface area contributed by atoms with Crippen molar-refractivity contribution < 1.29 is 13.2 Å². The minimum Gasteiger partial charge on any atom is -0.317 e. The predicted octanol–water partition coefficient (Wildman–Crippen LogP) is 3.93. The molecular formula is C18H25F3N2. The van der Waals surface area contributed by atoms with Crippen molar-refractivity contribution in [2.24, 2.45) is 5.92 Å². The number of nitrogens with one attached hydrogen (secondary N) is 1. The standard InChI is InChI=1S/C18H25F3N2/c19-18(20,21)17-7-11-23(12-8-17)13-14-1-3-15(4-2-14)16-5-9-22-10-6-16/h1-4,16-17,22H,5-13H2. The molecule has 2 saturated heterocycles. The fourth-order valence-corrected chi connectivity index (χ4v) is 3.73. The van der Waals surface area contributed by atoms with Crippen LogP contribution in [-0.4, -0.2) is 37.3 Å². The predicted molar refractivity (Wildman–Crippen MR) is 85.3 cm³/mol. The minimum absolute atomic E-state index is 0.233. The summed E-state index contributed by atoms with van der Waals surface area (Å²) in [4.78, 5) is 2.14. The third-order valence-electron chi connectivity index (χ3n) is 5.25. The molecule has 0 spiro atoms. The molecule has 2 fully saturated rings. The van der Waals surface area contributed by atoms with Gasteiger partial charge in [0.25, 0.3) is 0 Å². The summed E-state index contributed by atoms with van der Waals surface area (Å²) in [6.07, 6.45) is -1.19. The van der Waals surface area contributed by atoms with E-state index in [-0.39, 0.29) is 12.8 Å². The first-order valence-electron chi connectivity index (χ1n) is 8.61. The van der Waals surface area contributed by atoms with E-state index in [0.717, 1.165) is 19.6 Å². The lowest BCUT2D eigenvalue weighted by molar-refractivity contribution is -0.185. The molecule has 0 atom stereocenters. The molecule has 3 rings (SSSR count). The molecule has 1 N–H and O–H groups in total. The fourth-order valence-electron chi connectivity index (χ4n) is 3.73. The molecule has 0 aliphatic carbocycles. The molecular weight excluding hydrogens is 301 g/mol. The number of halogens is 3. The normalized spacial score (nSPS) is 22.4. The monoisotopic (exact) mass is 326 g/mol. The van der Waals surface area contributed by atoms with Gasteiger partial charge in [0.05, 0.1) is 5.92 Å². The van der Waals surface area contributed by atoms with Crippen LogP contribution in [0.15, 0.2) is 24.3 Å². The van der Waals surface area contributed by atoms with Crippen molar-refractivity contribution in [1.82, 2.24) is 10.2 Å². The highest BCUT2D eigenvalue weighted by molar-refractivity contribution is 5.26. The topological polar surface area (TPSA) is 15.3 Å². The maximum Gasteiger partial charge on any atom is 0.391 e. The number of alkyl halides is 3. The van der Waals surface area contributed by atoms with E-state index in [1.54, 1.807) is 0 Å². The Bertz CT molecular complexity index is 484. The van der Waals surface area contributed by atoms with Crippen LogP contribution in [-0.2, 0) is 6.54 Å². The molecule has 0 amide bonds. The fraction of sp³-hybridized carbons (Fsp3) is 0.667. The average molecular weight is 326 g/mol. The average Bonchev–Trinajstić information content (AvgIpc) is 2.56. The molecule has 1 aromatic carbocycles. The highest BCUT2D eigenvalue weighted by Gasteiger charge is 2.40. The lowest BCUT2D eigenvalue weighted by atomic mass is 9.89. The second-order valence-corrected chi connectivity index (χ2v) is 6.86. The smallest absolute Gasteiger partial charge is 0.317 e. The SMILES string of the molecule is FC(F)(F)C1CCN(Cc2ccc(C3CCNCC3)cc2)CC1. The van der Waals surface area contributed by atoms with Gasteiger partial charge < -0.3 is 5.32 Å². The molecule has 2 heterocycles. The Morgan fingerprint density at radius 1 is 0.957 bits per heavy atom. The molecule has 0 aromatic heterocycles. The van der Waals surface area contributed by atoms with Crippen LogP contribution in [0.2, 0.25) is 0 Å². The lowest BCUT2D eigenvalue weighted by Gasteiger charge is -2.33. The first kappa shape index (κ1) is 16.8. The summed E-state index contributed by atoms with van der Waals surface area (Å²) in [5.74, 6) is -0.464. The zero-order valence-electron chi connectivity index (χ0n) is 13.4. The number of rotatable bonds is 3. The van der Waals surface area contributed by atoms with Crippen LogP contribution in [0.25, 0.3) is 0 Å². The van der Waals surface area contributed by atoms with E-state index in [0.29, 0.717) is 19.0 Å². The van der Waals surface area contributed by atoms with E-state index in [1.807, 2.05) is 0 Å². The molecule has 5 heteroatoms. The minimum atomic E-state index is -4.03. The van der Waals surface area contributed by atoms with Crippen LogP contribution in [0.3, 0.4) is 0 Å². The van der Waals surface area contributed by atoms with Crippen molar-refractivity contribution in [2.45, 2.75) is 44.3 Å². The lowest BCUT2D eigenvalue weighted by Crippen LogP contribution is -2.38. The quantitative estimate of drug-likeness (QED) is 0.905. The molecule has 0 unspecified atom stereocenters. The Kier molecular flexibility index (Phi) is 5.27. The Morgan fingerprint density at radius 2 is 1.57 bits per heavy atom. The zero-order chi connectivity index (χ0) is 16.3. The molecule has 23 heavy (non-hydrogen) atoms. The maximum absolute atomic E-state index is 12.7. The van der Waals surface area contributed by atoms with Gasteiger partial charge in [-0.25, -0.2) is 0 Å². The van der Waals surface area contributed by atoms with Gasteiger partial charge in [0, 0.05) is 6.54 Å². The second-order valence-electron chi connectivity index (χ2n) is 6.86. The van der Waals surface area contributed by atoms with Gasteiger partial charge in [-0.2, -0.15) is 13.2 Å². The summed E-state index contributed by atoms with van der Waals surface area (Å²) in [5.41, 5.74) is 2.60. The van der Waals surface area contributed by atoms with Crippen LogP contribution in [0.1, 0.15) is 42.7 Å². The number of hydrogen-bond acceptors (Lipinski definition) is 2. The van der Waals surface area contributed by atoms with E-state index < -0.39 is 12.1 Å². The van der Waals surface area contributed by atoms with Gasteiger partial charge in [-0.3, -0.25) is 4.90 Å². The Labute approximate surface area is 136 Å². The van der Waals surface area contributed by atoms with Crippen molar-refractivity contribution in [1.29, 1.82) is 0 Å². The van der Waals surface area contributed by atoms with Crippen LogP contribution in [0.4, 0.5) is 13.2 Å². The molecule has 0 radical (unpaired) electrons.